The molecule has 0 saturated heterocycles. The summed E-state index contributed by atoms with van der Waals surface area (Å²) in [5.74, 6) is -13.8. The molecule has 0 spiro atoms. The summed E-state index contributed by atoms with van der Waals surface area (Å²) in [6.07, 6.45) is 0. The van der Waals surface area contributed by atoms with Crippen LogP contribution in [0, 0.1) is 29.1 Å². The minimum absolute atomic E-state index is 0.0570. The maximum atomic E-state index is 13.5. The molecule has 0 atom stereocenters. The van der Waals surface area contributed by atoms with E-state index in [9.17, 15) is 31.9 Å². The number of nitrogens with one attached hydrogen (secondary N) is 1. The molecule has 0 bridgehead atoms. The SMILES string of the molecule is Nc1cc(O)c(NC(=O)c2c(F)c(F)c(F)c(F)c2F)cc1Cl. The first-order valence-electron chi connectivity index (χ1n) is 5.76. The number of hydrogen-bond donors (Lipinski definition) is 3. The summed E-state index contributed by atoms with van der Waals surface area (Å²) in [6, 6.07) is 1.87. The van der Waals surface area contributed by atoms with Gasteiger partial charge in [0, 0.05) is 6.07 Å². The molecule has 1 amide bonds. The first-order valence-corrected chi connectivity index (χ1v) is 6.13. The van der Waals surface area contributed by atoms with Gasteiger partial charge in [0.25, 0.3) is 5.91 Å². The van der Waals surface area contributed by atoms with E-state index in [0.29, 0.717) is 0 Å². The third-order valence-corrected chi connectivity index (χ3v) is 3.13. The molecule has 2 aromatic rings. The summed E-state index contributed by atoms with van der Waals surface area (Å²) >= 11 is 5.64. The number of hydrogen-bond acceptors (Lipinski definition) is 3. The highest BCUT2D eigenvalue weighted by Gasteiger charge is 2.30. The zero-order valence-corrected chi connectivity index (χ0v) is 11.6. The lowest BCUT2D eigenvalue weighted by molar-refractivity contribution is 0.101. The van der Waals surface area contributed by atoms with Crippen molar-refractivity contribution in [2.45, 2.75) is 0 Å². The maximum absolute atomic E-state index is 13.5. The number of benzene rings is 2. The summed E-state index contributed by atoms with van der Waals surface area (Å²) < 4.78 is 66.1. The Hall–Kier alpha value is -2.55. The highest BCUT2D eigenvalue weighted by Crippen LogP contribution is 2.33. The van der Waals surface area contributed by atoms with Crippen LogP contribution in [0.25, 0.3) is 0 Å². The Morgan fingerprint density at radius 2 is 1.48 bits per heavy atom. The monoisotopic (exact) mass is 352 g/mol. The molecule has 2 aromatic carbocycles. The van der Waals surface area contributed by atoms with E-state index < -0.39 is 52.0 Å². The number of amides is 1. The minimum atomic E-state index is -2.39. The largest absolute Gasteiger partial charge is 0.506 e. The molecule has 0 aromatic heterocycles. The molecule has 4 N–H and O–H groups in total. The third kappa shape index (κ3) is 2.87. The predicted octanol–water partition coefficient (Wildman–Crippen LogP) is 3.58. The van der Waals surface area contributed by atoms with E-state index in [2.05, 4.69) is 0 Å². The Morgan fingerprint density at radius 1 is 1.00 bits per heavy atom. The van der Waals surface area contributed by atoms with Gasteiger partial charge in [0.05, 0.1) is 16.4 Å². The van der Waals surface area contributed by atoms with Gasteiger partial charge in [0.2, 0.25) is 5.82 Å². The van der Waals surface area contributed by atoms with E-state index in [1.54, 1.807) is 5.32 Å². The van der Waals surface area contributed by atoms with Gasteiger partial charge in [-0.05, 0) is 6.07 Å². The molecule has 23 heavy (non-hydrogen) atoms. The van der Waals surface area contributed by atoms with E-state index in [0.717, 1.165) is 12.1 Å². The standard InChI is InChI=1S/C13H6ClF5N2O2/c14-3-1-5(6(22)2-4(3)20)21-13(23)7-8(15)10(17)12(19)11(18)9(7)16/h1-2,22H,20H2,(H,21,23). The lowest BCUT2D eigenvalue weighted by Gasteiger charge is -2.11. The number of rotatable bonds is 2. The van der Waals surface area contributed by atoms with Crippen molar-refractivity contribution in [3.63, 3.8) is 0 Å². The van der Waals surface area contributed by atoms with Crippen LogP contribution in [0.3, 0.4) is 0 Å². The molecule has 2 rings (SSSR count). The first kappa shape index (κ1) is 16.8. The highest BCUT2D eigenvalue weighted by molar-refractivity contribution is 6.33. The van der Waals surface area contributed by atoms with Crippen LogP contribution < -0.4 is 11.1 Å². The molecule has 0 saturated carbocycles. The molecule has 0 heterocycles. The Kier molecular flexibility index (Phi) is 4.33. The second-order valence-corrected chi connectivity index (χ2v) is 4.70. The summed E-state index contributed by atoms with van der Waals surface area (Å²) in [6.45, 7) is 0. The number of aromatic hydroxyl groups is 1. The molecule has 4 nitrogen and oxygen atoms in total. The quantitative estimate of drug-likeness (QED) is 0.254. The fourth-order valence-corrected chi connectivity index (χ4v) is 1.83. The number of phenols is 1. The molecule has 122 valence electrons. The molecule has 10 heteroatoms. The van der Waals surface area contributed by atoms with Crippen molar-refractivity contribution in [3.8, 4) is 5.75 Å². The van der Waals surface area contributed by atoms with Gasteiger partial charge in [-0.15, -0.1) is 0 Å². The number of halogens is 6. The van der Waals surface area contributed by atoms with Gasteiger partial charge >= 0.3 is 0 Å². The summed E-state index contributed by atoms with van der Waals surface area (Å²) in [4.78, 5) is 11.8. The Bertz CT molecular complexity index is 800. The summed E-state index contributed by atoms with van der Waals surface area (Å²) in [5, 5.41) is 11.2. The molecule has 0 aliphatic rings. The van der Waals surface area contributed by atoms with Crippen LogP contribution in [-0.2, 0) is 0 Å². The molecule has 0 radical (unpaired) electrons. The van der Waals surface area contributed by atoms with E-state index in [-0.39, 0.29) is 10.7 Å². The van der Waals surface area contributed by atoms with Crippen molar-refractivity contribution < 1.29 is 31.9 Å². The molecule has 0 unspecified atom stereocenters. The van der Waals surface area contributed by atoms with E-state index in [1.165, 1.54) is 0 Å². The number of carbonyl (C=O) groups is 1. The zero-order chi connectivity index (χ0) is 17.5. The summed E-state index contributed by atoms with van der Waals surface area (Å²) in [7, 11) is 0. The molecular formula is C13H6ClF5N2O2. The Balaban J connectivity index is 2.49. The van der Waals surface area contributed by atoms with Gasteiger partial charge in [-0.3, -0.25) is 4.79 Å². The van der Waals surface area contributed by atoms with Crippen LogP contribution in [-0.4, -0.2) is 11.0 Å². The Labute approximate surface area is 130 Å². The van der Waals surface area contributed by atoms with Gasteiger partial charge in [-0.1, -0.05) is 11.6 Å². The van der Waals surface area contributed by atoms with Crippen LogP contribution in [0.4, 0.5) is 33.3 Å². The van der Waals surface area contributed by atoms with E-state index >= 15 is 0 Å². The van der Waals surface area contributed by atoms with Crippen molar-refractivity contribution in [1.29, 1.82) is 0 Å². The van der Waals surface area contributed by atoms with Crippen molar-refractivity contribution in [3.05, 3.63) is 51.8 Å². The number of nitrogen functional groups attached to an aromatic ring is 1. The maximum Gasteiger partial charge on any atom is 0.261 e. The molecular weight excluding hydrogens is 347 g/mol. The number of phenolic OH excluding ortho intramolecular Hbond substituents is 1. The first-order chi connectivity index (χ1) is 10.6. The van der Waals surface area contributed by atoms with Crippen LogP contribution >= 0.6 is 11.6 Å². The van der Waals surface area contributed by atoms with Crippen molar-refractivity contribution >= 4 is 28.9 Å². The van der Waals surface area contributed by atoms with Gasteiger partial charge < -0.3 is 16.2 Å². The van der Waals surface area contributed by atoms with Crippen LogP contribution in [0.15, 0.2) is 12.1 Å². The van der Waals surface area contributed by atoms with Crippen molar-refractivity contribution in [2.75, 3.05) is 11.1 Å². The predicted molar refractivity (Wildman–Crippen MR) is 71.7 cm³/mol. The lowest BCUT2D eigenvalue weighted by atomic mass is 10.1. The average molecular weight is 353 g/mol. The normalized spacial score (nSPS) is 10.7. The average Bonchev–Trinajstić information content (AvgIpc) is 2.49. The van der Waals surface area contributed by atoms with E-state index in [4.69, 9.17) is 17.3 Å². The van der Waals surface area contributed by atoms with Crippen LogP contribution in [0.2, 0.25) is 5.02 Å². The Morgan fingerprint density at radius 3 is 2.00 bits per heavy atom. The minimum Gasteiger partial charge on any atom is -0.506 e. The summed E-state index contributed by atoms with van der Waals surface area (Å²) in [5.41, 5.74) is 3.18. The molecule has 0 aliphatic heterocycles. The van der Waals surface area contributed by atoms with E-state index in [1.807, 2.05) is 0 Å². The molecule has 0 fully saturated rings. The van der Waals surface area contributed by atoms with Crippen molar-refractivity contribution in [2.24, 2.45) is 0 Å². The number of carbonyl (C=O) groups excluding carboxylic acids is 1. The highest BCUT2D eigenvalue weighted by atomic mass is 35.5. The lowest BCUT2D eigenvalue weighted by Crippen LogP contribution is -2.19. The zero-order valence-electron chi connectivity index (χ0n) is 10.9. The fourth-order valence-electron chi connectivity index (χ4n) is 1.67. The van der Waals surface area contributed by atoms with Gasteiger partial charge in [-0.2, -0.15) is 0 Å². The van der Waals surface area contributed by atoms with Crippen LogP contribution in [0.1, 0.15) is 10.4 Å². The number of nitrogens with two attached hydrogens (primary N) is 1. The van der Waals surface area contributed by atoms with Gasteiger partial charge in [0.1, 0.15) is 11.3 Å². The van der Waals surface area contributed by atoms with Crippen molar-refractivity contribution in [1.82, 2.24) is 0 Å². The second kappa shape index (κ2) is 5.92. The smallest absolute Gasteiger partial charge is 0.261 e. The third-order valence-electron chi connectivity index (χ3n) is 2.80. The fraction of sp³-hybridized carbons (Fsp3) is 0. The van der Waals surface area contributed by atoms with Gasteiger partial charge in [0.15, 0.2) is 23.3 Å². The second-order valence-electron chi connectivity index (χ2n) is 4.29. The number of anilines is 2. The topological polar surface area (TPSA) is 75.3 Å². The molecule has 0 aliphatic carbocycles. The van der Waals surface area contributed by atoms with Crippen LogP contribution in [0.5, 0.6) is 5.75 Å². The van der Waals surface area contributed by atoms with Gasteiger partial charge in [-0.25, -0.2) is 22.0 Å².